The van der Waals surface area contributed by atoms with Gasteiger partial charge in [-0.3, -0.25) is 0 Å². The van der Waals surface area contributed by atoms with Gasteiger partial charge in [-0.1, -0.05) is 109 Å². The summed E-state index contributed by atoms with van der Waals surface area (Å²) in [7, 11) is -4.74. The lowest BCUT2D eigenvalue weighted by molar-refractivity contribution is 1.55. The molecule has 1 N–H and O–H groups in total. The summed E-state index contributed by atoms with van der Waals surface area (Å²) in [5, 5.41) is 7.89. The van der Waals surface area contributed by atoms with Gasteiger partial charge >= 0.3 is 0 Å². The zero-order valence-electron chi connectivity index (χ0n) is 22.1. The Kier molecular flexibility index (Phi) is 9.05. The second kappa shape index (κ2) is 12.9. The zero-order valence-corrected chi connectivity index (χ0v) is 25.6. The maximum absolute atomic E-state index is 4.60. The van der Waals surface area contributed by atoms with Crippen molar-refractivity contribution in [2.75, 3.05) is 0 Å². The van der Waals surface area contributed by atoms with Crippen molar-refractivity contribution in [3.05, 3.63) is 182 Å². The van der Waals surface area contributed by atoms with Crippen LogP contribution in [0, 0.1) is 0 Å². The molecule has 0 heterocycles. The average molecular weight is 621 g/mol. The molecular weight excluding hydrogens is 588 g/mol. The minimum atomic E-state index is -2.37. The number of rotatable bonds is 8. The highest BCUT2D eigenvalue weighted by molar-refractivity contribution is 8.93. The van der Waals surface area contributed by atoms with Crippen LogP contribution in [-0.2, 0) is 0 Å². The minimum absolute atomic E-state index is 0. The van der Waals surface area contributed by atoms with Crippen LogP contribution in [0.5, 0.6) is 0 Å². The first-order valence-electron chi connectivity index (χ1n) is 13.3. The molecule has 0 saturated carbocycles. The van der Waals surface area contributed by atoms with Crippen LogP contribution in [0.15, 0.2) is 182 Å². The van der Waals surface area contributed by atoms with Gasteiger partial charge in [0, 0.05) is 0 Å². The van der Waals surface area contributed by atoms with E-state index in [1.165, 1.54) is 31.8 Å². The largest absolute Gasteiger partial charge is 0.216 e. The fourth-order valence-corrected chi connectivity index (χ4v) is 15.5. The van der Waals surface area contributed by atoms with E-state index in [2.05, 4.69) is 187 Å². The zero-order chi connectivity index (χ0) is 26.4. The number of hydrogen-bond donors (Lipinski definition) is 1. The summed E-state index contributed by atoms with van der Waals surface area (Å²) in [4.78, 5) is 4.60. The predicted molar refractivity (Wildman–Crippen MR) is 184 cm³/mol. The van der Waals surface area contributed by atoms with Crippen LogP contribution in [0.25, 0.3) is 0 Å². The van der Waals surface area contributed by atoms with Gasteiger partial charge in [0.25, 0.3) is 0 Å². The number of benzene rings is 6. The van der Waals surface area contributed by atoms with Crippen LogP contribution in [0.1, 0.15) is 0 Å². The SMILES string of the molecule is Br.c1ccc([P+](N[P+](c2ccccc2)(c2ccccc2)c2ccccc2)(c2ccccc2)c2ccccc2)cc1. The molecule has 6 rings (SSSR count). The van der Waals surface area contributed by atoms with Gasteiger partial charge in [0.05, 0.1) is 0 Å². The third kappa shape index (κ3) is 5.22. The highest BCUT2D eigenvalue weighted by atomic mass is 79.9. The van der Waals surface area contributed by atoms with E-state index in [1.807, 2.05) is 0 Å². The van der Waals surface area contributed by atoms with Gasteiger partial charge in [0.2, 0.25) is 14.8 Å². The van der Waals surface area contributed by atoms with Gasteiger partial charge < -0.3 is 0 Å². The van der Waals surface area contributed by atoms with Gasteiger partial charge in [-0.25, -0.2) is 0 Å². The van der Waals surface area contributed by atoms with Crippen molar-refractivity contribution in [2.24, 2.45) is 0 Å². The van der Waals surface area contributed by atoms with E-state index in [4.69, 9.17) is 0 Å². The third-order valence-electron chi connectivity index (χ3n) is 7.16. The molecule has 4 heteroatoms. The quantitative estimate of drug-likeness (QED) is 0.181. The van der Waals surface area contributed by atoms with E-state index >= 15 is 0 Å². The van der Waals surface area contributed by atoms with Crippen molar-refractivity contribution in [2.45, 2.75) is 0 Å². The maximum atomic E-state index is 4.60. The average Bonchev–Trinajstić information content (AvgIpc) is 3.04. The van der Waals surface area contributed by atoms with Gasteiger partial charge in [0.15, 0.2) is 0 Å². The van der Waals surface area contributed by atoms with E-state index in [1.54, 1.807) is 0 Å². The number of nitrogens with one attached hydrogen (secondary N) is 1. The Morgan fingerprint density at radius 1 is 0.250 bits per heavy atom. The molecule has 0 spiro atoms. The Hall–Kier alpha value is -3.38. The van der Waals surface area contributed by atoms with E-state index in [-0.39, 0.29) is 17.0 Å². The van der Waals surface area contributed by atoms with Crippen LogP contribution in [0.2, 0.25) is 0 Å². The summed E-state index contributed by atoms with van der Waals surface area (Å²) in [6.45, 7) is 0. The lowest BCUT2D eigenvalue weighted by atomic mass is 10.4. The molecule has 0 radical (unpaired) electrons. The monoisotopic (exact) mass is 619 g/mol. The van der Waals surface area contributed by atoms with Gasteiger partial charge in [0.1, 0.15) is 31.8 Å². The first-order chi connectivity index (χ1) is 19.3. The molecule has 0 atom stereocenters. The first-order valence-corrected chi connectivity index (χ1v) is 16.8. The van der Waals surface area contributed by atoms with Crippen LogP contribution in [0.4, 0.5) is 0 Å². The van der Waals surface area contributed by atoms with E-state index in [0.717, 1.165) is 0 Å². The Balaban J connectivity index is 0.00000323. The molecule has 40 heavy (non-hydrogen) atoms. The highest BCUT2D eigenvalue weighted by Gasteiger charge is 2.60. The number of hydrogen-bond acceptors (Lipinski definition) is 1. The standard InChI is InChI=1S/C36H31NP2.BrH/c1-7-19-31(20-8-1)38(32-21-9-2-10-22-32,33-23-11-3-12-24-33)37-39(34-25-13-4-14-26-34,35-27-15-5-16-28-35)36-29-17-6-18-30-36;/h1-30,37H;1H/q+2;. The summed E-state index contributed by atoms with van der Waals surface area (Å²) >= 11 is 0. The lowest BCUT2D eigenvalue weighted by Gasteiger charge is -2.34. The summed E-state index contributed by atoms with van der Waals surface area (Å²) in [5.74, 6) is 0. The predicted octanol–water partition coefficient (Wildman–Crippen LogP) is 6.97. The molecule has 0 aliphatic rings. The van der Waals surface area contributed by atoms with Crippen LogP contribution in [0.3, 0.4) is 0 Å². The maximum Gasteiger partial charge on any atom is 0.216 e. The molecule has 1 nitrogen and oxygen atoms in total. The van der Waals surface area contributed by atoms with E-state index < -0.39 is 14.8 Å². The second-order valence-corrected chi connectivity index (χ2v) is 16.0. The van der Waals surface area contributed by atoms with Gasteiger partial charge in [-0.15, -0.1) is 17.0 Å². The molecule has 0 aliphatic heterocycles. The van der Waals surface area contributed by atoms with Gasteiger partial charge in [-0.05, 0) is 77.7 Å². The fraction of sp³-hybridized carbons (Fsp3) is 0. The van der Waals surface area contributed by atoms with Crippen molar-refractivity contribution in [3.8, 4) is 0 Å². The van der Waals surface area contributed by atoms with E-state index in [0.29, 0.717) is 0 Å². The molecule has 0 aliphatic carbocycles. The Morgan fingerprint density at radius 3 is 0.550 bits per heavy atom. The van der Waals surface area contributed by atoms with Crippen molar-refractivity contribution in [1.82, 2.24) is 4.86 Å². The lowest BCUT2D eigenvalue weighted by Crippen LogP contribution is -2.48. The molecular formula is C36H32BrNP2+2. The highest BCUT2D eigenvalue weighted by Crippen LogP contribution is 2.65. The topological polar surface area (TPSA) is 12.0 Å². The van der Waals surface area contributed by atoms with Crippen LogP contribution in [-0.4, -0.2) is 0 Å². The molecule has 6 aromatic rings. The molecule has 6 aromatic carbocycles. The van der Waals surface area contributed by atoms with Crippen molar-refractivity contribution in [3.63, 3.8) is 0 Å². The van der Waals surface area contributed by atoms with Crippen molar-refractivity contribution < 1.29 is 0 Å². The molecule has 0 fully saturated rings. The summed E-state index contributed by atoms with van der Waals surface area (Å²) in [5.41, 5.74) is 0. The molecule has 0 saturated heterocycles. The van der Waals surface area contributed by atoms with Crippen molar-refractivity contribution >= 4 is 63.6 Å². The molecule has 0 unspecified atom stereocenters. The minimum Gasteiger partial charge on any atom is -0.114 e. The molecule has 0 aromatic heterocycles. The Labute approximate surface area is 249 Å². The second-order valence-electron chi connectivity index (χ2n) is 9.45. The normalized spacial score (nSPS) is 11.4. The summed E-state index contributed by atoms with van der Waals surface area (Å²) < 4.78 is 0. The van der Waals surface area contributed by atoms with Crippen molar-refractivity contribution in [1.29, 1.82) is 0 Å². The molecule has 0 amide bonds. The van der Waals surface area contributed by atoms with Gasteiger partial charge in [-0.2, -0.15) is 0 Å². The van der Waals surface area contributed by atoms with Crippen LogP contribution < -0.4 is 36.7 Å². The fourth-order valence-electron chi connectivity index (χ4n) is 5.38. The Bertz CT molecular complexity index is 1280. The first kappa shape index (κ1) is 28.2. The third-order valence-corrected chi connectivity index (χ3v) is 16.0. The summed E-state index contributed by atoms with van der Waals surface area (Å²) in [6, 6.07) is 66.4. The molecule has 0 bridgehead atoms. The van der Waals surface area contributed by atoms with Crippen LogP contribution >= 0.6 is 31.8 Å². The van der Waals surface area contributed by atoms with E-state index in [9.17, 15) is 0 Å². The molecule has 196 valence electrons. The smallest absolute Gasteiger partial charge is 0.114 e. The summed E-state index contributed by atoms with van der Waals surface area (Å²) in [6.07, 6.45) is 0. The Morgan fingerprint density at radius 2 is 0.400 bits per heavy atom. The number of halogens is 1.